The molecule has 5 N–H and O–H groups in total. The Morgan fingerprint density at radius 1 is 1.48 bits per heavy atom. The minimum absolute atomic E-state index is 0. The molecule has 0 bridgehead atoms. The van der Waals surface area contributed by atoms with Gasteiger partial charge in [-0.2, -0.15) is 5.10 Å². The van der Waals surface area contributed by atoms with E-state index in [1.165, 1.54) is 0 Å². The fourth-order valence-corrected chi connectivity index (χ4v) is 4.16. The minimum Gasteiger partial charge on any atom is -0.385 e. The maximum Gasteiger partial charge on any atom is 0.233 e. The summed E-state index contributed by atoms with van der Waals surface area (Å²) in [7, 11) is 0. The Hall–Kier alpha value is -1.34. The lowest BCUT2D eigenvalue weighted by Crippen LogP contribution is -2.36. The van der Waals surface area contributed by atoms with Gasteiger partial charge in [-0.1, -0.05) is 11.6 Å². The van der Waals surface area contributed by atoms with Crippen molar-refractivity contribution in [1.82, 2.24) is 15.5 Å². The van der Waals surface area contributed by atoms with Crippen LogP contribution in [-0.2, 0) is 10.4 Å². The Morgan fingerprint density at radius 3 is 2.83 bits per heavy atom. The van der Waals surface area contributed by atoms with Gasteiger partial charge in [0.1, 0.15) is 0 Å². The quantitative estimate of drug-likeness (QED) is 0.665. The number of carbonyl (C=O) groups excluding carboxylic acids is 1. The van der Waals surface area contributed by atoms with Gasteiger partial charge in [-0.3, -0.25) is 9.89 Å². The SMILES string of the molecule is Cl.NCC(=O)NC1[C@H]2CC(O)(c3cc(Cl)cc4[nH]ncc34)C[C@@H]12. The number of fused-ring (bicyclic) bond motifs is 2. The second-order valence-electron chi connectivity index (χ2n) is 6.35. The number of carbonyl (C=O) groups is 1. The van der Waals surface area contributed by atoms with Gasteiger partial charge in [0, 0.05) is 16.5 Å². The predicted octanol–water partition coefficient (Wildman–Crippen LogP) is 1.31. The second-order valence-corrected chi connectivity index (χ2v) is 6.79. The number of nitrogens with two attached hydrogens (primary N) is 1. The zero-order valence-corrected chi connectivity index (χ0v) is 13.8. The summed E-state index contributed by atoms with van der Waals surface area (Å²) >= 11 is 6.16. The monoisotopic (exact) mass is 356 g/mol. The van der Waals surface area contributed by atoms with E-state index in [9.17, 15) is 9.90 Å². The van der Waals surface area contributed by atoms with E-state index in [-0.39, 0.29) is 30.9 Å². The van der Waals surface area contributed by atoms with Crippen LogP contribution in [0, 0.1) is 11.8 Å². The molecule has 6 nitrogen and oxygen atoms in total. The number of nitrogens with one attached hydrogen (secondary N) is 2. The first kappa shape index (κ1) is 16.5. The normalized spacial score (nSPS) is 31.5. The van der Waals surface area contributed by atoms with E-state index in [0.29, 0.717) is 29.7 Å². The van der Waals surface area contributed by atoms with Gasteiger partial charge in [0.25, 0.3) is 0 Å². The Labute approximate surface area is 144 Å². The molecule has 2 saturated carbocycles. The fraction of sp³-hybridized carbons (Fsp3) is 0.467. The lowest BCUT2D eigenvalue weighted by Gasteiger charge is -2.27. The van der Waals surface area contributed by atoms with Crippen molar-refractivity contribution in [2.24, 2.45) is 17.6 Å². The lowest BCUT2D eigenvalue weighted by atomic mass is 9.86. The Bertz CT molecular complexity index is 751. The molecule has 4 atom stereocenters. The van der Waals surface area contributed by atoms with Crippen LogP contribution in [0.4, 0.5) is 0 Å². The van der Waals surface area contributed by atoms with Crippen molar-refractivity contribution >= 4 is 40.8 Å². The molecular weight excluding hydrogens is 339 g/mol. The average Bonchev–Trinajstić information content (AvgIpc) is 2.86. The lowest BCUT2D eigenvalue weighted by molar-refractivity contribution is -0.120. The third kappa shape index (κ3) is 2.59. The van der Waals surface area contributed by atoms with Crippen LogP contribution in [0.2, 0.25) is 5.02 Å². The molecule has 2 aliphatic carbocycles. The summed E-state index contributed by atoms with van der Waals surface area (Å²) in [6.45, 7) is 0.00411. The van der Waals surface area contributed by atoms with Crippen LogP contribution < -0.4 is 11.1 Å². The number of aromatic nitrogens is 2. The molecule has 2 aromatic rings. The van der Waals surface area contributed by atoms with E-state index in [0.717, 1.165) is 16.5 Å². The van der Waals surface area contributed by atoms with Crippen molar-refractivity contribution in [3.05, 3.63) is 28.9 Å². The Morgan fingerprint density at radius 2 is 2.17 bits per heavy atom. The van der Waals surface area contributed by atoms with Gasteiger partial charge < -0.3 is 16.2 Å². The van der Waals surface area contributed by atoms with Crippen LogP contribution in [0.5, 0.6) is 0 Å². The number of hydrogen-bond donors (Lipinski definition) is 4. The van der Waals surface area contributed by atoms with Gasteiger partial charge in [0.15, 0.2) is 0 Å². The number of hydrogen-bond acceptors (Lipinski definition) is 4. The highest BCUT2D eigenvalue weighted by Gasteiger charge is 2.62. The van der Waals surface area contributed by atoms with E-state index in [4.69, 9.17) is 17.3 Å². The second kappa shape index (κ2) is 5.63. The summed E-state index contributed by atoms with van der Waals surface area (Å²) < 4.78 is 0. The summed E-state index contributed by atoms with van der Waals surface area (Å²) in [4.78, 5) is 11.4. The van der Waals surface area contributed by atoms with Crippen molar-refractivity contribution in [3.63, 3.8) is 0 Å². The molecule has 0 spiro atoms. The largest absolute Gasteiger partial charge is 0.385 e. The molecular formula is C15H18Cl2N4O2. The zero-order valence-electron chi connectivity index (χ0n) is 12.3. The standard InChI is InChI=1S/C15H17ClN4O2.ClH/c16-7-1-11(10-6-18-20-12(10)2-7)15(22)3-8-9(4-15)14(8)19-13(21)5-17;/h1-2,6,8-9,14,22H,3-5,17H2,(H,18,20)(H,19,21);1H/t8-,9+,14?,15?;. The molecule has 2 fully saturated rings. The number of nitrogens with zero attached hydrogens (tertiary/aromatic N) is 1. The van der Waals surface area contributed by atoms with Gasteiger partial charge in [0.05, 0.1) is 23.9 Å². The van der Waals surface area contributed by atoms with E-state index in [2.05, 4.69) is 15.5 Å². The molecule has 124 valence electrons. The third-order valence-corrected chi connectivity index (χ3v) is 5.23. The summed E-state index contributed by atoms with van der Waals surface area (Å²) in [5.41, 5.74) is 6.06. The van der Waals surface area contributed by atoms with Crippen molar-refractivity contribution in [1.29, 1.82) is 0 Å². The highest BCUT2D eigenvalue weighted by Crippen LogP contribution is 2.60. The van der Waals surface area contributed by atoms with Crippen LogP contribution in [0.25, 0.3) is 10.9 Å². The Kier molecular flexibility index (Phi) is 4.04. The van der Waals surface area contributed by atoms with Gasteiger partial charge in [-0.25, -0.2) is 0 Å². The predicted molar refractivity (Wildman–Crippen MR) is 89.4 cm³/mol. The molecule has 4 rings (SSSR count). The molecule has 23 heavy (non-hydrogen) atoms. The van der Waals surface area contributed by atoms with Crippen molar-refractivity contribution in [2.45, 2.75) is 24.5 Å². The number of aromatic amines is 1. The average molecular weight is 357 g/mol. The summed E-state index contributed by atoms with van der Waals surface area (Å²) in [5.74, 6) is 0.478. The Balaban J connectivity index is 0.00000156. The van der Waals surface area contributed by atoms with Crippen LogP contribution in [-0.4, -0.2) is 33.8 Å². The van der Waals surface area contributed by atoms with Crippen LogP contribution in [0.3, 0.4) is 0 Å². The van der Waals surface area contributed by atoms with E-state index < -0.39 is 5.60 Å². The van der Waals surface area contributed by atoms with Gasteiger partial charge in [-0.15, -0.1) is 12.4 Å². The molecule has 0 radical (unpaired) electrons. The highest BCUT2D eigenvalue weighted by atomic mass is 35.5. The van der Waals surface area contributed by atoms with Crippen LogP contribution in [0.15, 0.2) is 18.3 Å². The summed E-state index contributed by atoms with van der Waals surface area (Å²) in [6, 6.07) is 3.77. The molecule has 2 unspecified atom stereocenters. The molecule has 0 aliphatic heterocycles. The number of amides is 1. The molecule has 1 heterocycles. The van der Waals surface area contributed by atoms with Crippen molar-refractivity contribution in [2.75, 3.05) is 6.54 Å². The molecule has 0 saturated heterocycles. The van der Waals surface area contributed by atoms with Crippen LogP contribution >= 0.6 is 24.0 Å². The van der Waals surface area contributed by atoms with E-state index in [1.807, 2.05) is 6.07 Å². The highest BCUT2D eigenvalue weighted by molar-refractivity contribution is 6.31. The topological polar surface area (TPSA) is 104 Å². The molecule has 1 aromatic heterocycles. The number of benzene rings is 1. The number of H-pyrrole nitrogens is 1. The van der Waals surface area contributed by atoms with E-state index in [1.54, 1.807) is 12.3 Å². The van der Waals surface area contributed by atoms with Gasteiger partial charge >= 0.3 is 0 Å². The summed E-state index contributed by atoms with van der Waals surface area (Å²) in [5, 5.41) is 22.4. The maximum absolute atomic E-state index is 11.4. The fourth-order valence-electron chi connectivity index (χ4n) is 3.94. The first-order valence-electron chi connectivity index (χ1n) is 7.37. The van der Waals surface area contributed by atoms with Gasteiger partial charge in [0.2, 0.25) is 5.91 Å². The number of rotatable bonds is 3. The molecule has 2 aliphatic rings. The summed E-state index contributed by atoms with van der Waals surface area (Å²) in [6.07, 6.45) is 2.96. The molecule has 1 aromatic carbocycles. The van der Waals surface area contributed by atoms with E-state index >= 15 is 0 Å². The smallest absolute Gasteiger partial charge is 0.233 e. The van der Waals surface area contributed by atoms with Crippen molar-refractivity contribution < 1.29 is 9.90 Å². The van der Waals surface area contributed by atoms with Crippen molar-refractivity contribution in [3.8, 4) is 0 Å². The minimum atomic E-state index is -0.910. The van der Waals surface area contributed by atoms with Crippen LogP contribution in [0.1, 0.15) is 18.4 Å². The first-order valence-corrected chi connectivity index (χ1v) is 7.74. The number of halogens is 2. The van der Waals surface area contributed by atoms with Gasteiger partial charge in [-0.05, 0) is 42.4 Å². The molecule has 1 amide bonds. The molecule has 8 heteroatoms. The zero-order chi connectivity index (χ0) is 15.5. The first-order chi connectivity index (χ1) is 10.5. The number of aliphatic hydroxyl groups is 1. The third-order valence-electron chi connectivity index (χ3n) is 5.02. The maximum atomic E-state index is 11.4.